The number of rotatable bonds is 5. The van der Waals surface area contributed by atoms with Gasteiger partial charge in [0, 0.05) is 22.4 Å². The molecule has 0 fully saturated rings. The summed E-state index contributed by atoms with van der Waals surface area (Å²) in [7, 11) is -3.29. The molecule has 130 valence electrons. The van der Waals surface area contributed by atoms with Gasteiger partial charge in [-0.2, -0.15) is 0 Å². The van der Waals surface area contributed by atoms with Gasteiger partial charge in [-0.15, -0.1) is 0 Å². The van der Waals surface area contributed by atoms with Crippen LogP contribution in [-0.2, 0) is 16.4 Å². The Balaban J connectivity index is 1.71. The fourth-order valence-electron chi connectivity index (χ4n) is 2.21. The summed E-state index contributed by atoms with van der Waals surface area (Å²) < 4.78 is 33.5. The SMILES string of the molecule is CS(=O)(=O)c1ccc(COc2ccc(-c3nocc3N)cc2)c(Cl)c1. The van der Waals surface area contributed by atoms with Crippen LogP contribution in [0.15, 0.2) is 58.1 Å². The van der Waals surface area contributed by atoms with Crippen LogP contribution in [0.2, 0.25) is 5.02 Å². The van der Waals surface area contributed by atoms with Crippen molar-refractivity contribution in [2.45, 2.75) is 11.5 Å². The zero-order valence-electron chi connectivity index (χ0n) is 13.3. The second-order valence-corrected chi connectivity index (χ2v) is 7.88. The number of nitrogens with zero attached hydrogens (tertiary/aromatic N) is 1. The first-order valence-electron chi connectivity index (χ1n) is 7.26. The van der Waals surface area contributed by atoms with E-state index in [1.807, 2.05) is 12.1 Å². The number of halogens is 1. The summed E-state index contributed by atoms with van der Waals surface area (Å²) in [6.45, 7) is 0.217. The maximum absolute atomic E-state index is 11.5. The Hall–Kier alpha value is -2.51. The normalized spacial score (nSPS) is 11.4. The van der Waals surface area contributed by atoms with E-state index in [-0.39, 0.29) is 11.5 Å². The number of hydrogen-bond donors (Lipinski definition) is 1. The molecule has 25 heavy (non-hydrogen) atoms. The molecular weight excluding hydrogens is 364 g/mol. The molecule has 8 heteroatoms. The second kappa shape index (κ2) is 6.78. The van der Waals surface area contributed by atoms with Gasteiger partial charge in [0.1, 0.15) is 30.0 Å². The summed E-state index contributed by atoms with van der Waals surface area (Å²) in [5.41, 5.74) is 8.31. The molecule has 0 aliphatic carbocycles. The minimum absolute atomic E-state index is 0.177. The summed E-state index contributed by atoms with van der Waals surface area (Å²) in [4.78, 5) is 0.177. The number of nitrogen functional groups attached to an aromatic ring is 1. The zero-order chi connectivity index (χ0) is 18.0. The molecule has 1 aromatic heterocycles. The highest BCUT2D eigenvalue weighted by molar-refractivity contribution is 7.90. The van der Waals surface area contributed by atoms with Crippen LogP contribution in [0.4, 0.5) is 5.69 Å². The number of ether oxygens (including phenoxy) is 1. The maximum atomic E-state index is 11.5. The Kier molecular flexibility index (Phi) is 4.69. The Morgan fingerprint density at radius 1 is 1.20 bits per heavy atom. The highest BCUT2D eigenvalue weighted by Crippen LogP contribution is 2.27. The molecule has 0 saturated carbocycles. The predicted molar refractivity (Wildman–Crippen MR) is 95.2 cm³/mol. The van der Waals surface area contributed by atoms with Crippen molar-refractivity contribution in [3.05, 3.63) is 59.3 Å². The van der Waals surface area contributed by atoms with Crippen LogP contribution in [0.5, 0.6) is 5.75 Å². The van der Waals surface area contributed by atoms with Crippen molar-refractivity contribution in [1.82, 2.24) is 5.16 Å². The lowest BCUT2D eigenvalue weighted by atomic mass is 10.1. The molecule has 0 bridgehead atoms. The van der Waals surface area contributed by atoms with Crippen molar-refractivity contribution < 1.29 is 17.7 Å². The smallest absolute Gasteiger partial charge is 0.175 e. The van der Waals surface area contributed by atoms with Crippen LogP contribution < -0.4 is 10.5 Å². The lowest BCUT2D eigenvalue weighted by Gasteiger charge is -2.09. The fourth-order valence-corrected chi connectivity index (χ4v) is 3.16. The van der Waals surface area contributed by atoms with Gasteiger partial charge in [-0.3, -0.25) is 0 Å². The minimum Gasteiger partial charge on any atom is -0.489 e. The number of anilines is 1. The van der Waals surface area contributed by atoms with Gasteiger partial charge in [0.25, 0.3) is 0 Å². The van der Waals surface area contributed by atoms with E-state index in [1.165, 1.54) is 18.4 Å². The molecule has 1 heterocycles. The van der Waals surface area contributed by atoms with Crippen LogP contribution in [0.1, 0.15) is 5.56 Å². The van der Waals surface area contributed by atoms with E-state index < -0.39 is 9.84 Å². The quantitative estimate of drug-likeness (QED) is 0.729. The molecule has 0 aliphatic heterocycles. The fraction of sp³-hybridized carbons (Fsp3) is 0.118. The molecule has 6 nitrogen and oxygen atoms in total. The van der Waals surface area contributed by atoms with E-state index in [9.17, 15) is 8.42 Å². The van der Waals surface area contributed by atoms with Gasteiger partial charge in [-0.25, -0.2) is 8.42 Å². The van der Waals surface area contributed by atoms with Gasteiger partial charge < -0.3 is 15.0 Å². The number of nitrogens with two attached hydrogens (primary N) is 1. The van der Waals surface area contributed by atoms with Gasteiger partial charge in [-0.05, 0) is 36.4 Å². The second-order valence-electron chi connectivity index (χ2n) is 5.46. The molecule has 2 N–H and O–H groups in total. The first kappa shape index (κ1) is 17.3. The molecule has 0 unspecified atom stereocenters. The van der Waals surface area contributed by atoms with E-state index in [0.717, 1.165) is 11.8 Å². The highest BCUT2D eigenvalue weighted by atomic mass is 35.5. The highest BCUT2D eigenvalue weighted by Gasteiger charge is 2.11. The minimum atomic E-state index is -3.29. The van der Waals surface area contributed by atoms with Crippen LogP contribution in [0.25, 0.3) is 11.3 Å². The third kappa shape index (κ3) is 3.94. The van der Waals surface area contributed by atoms with Crippen LogP contribution in [0, 0.1) is 0 Å². The first-order chi connectivity index (χ1) is 11.8. The summed E-state index contributed by atoms with van der Waals surface area (Å²) >= 11 is 6.13. The summed E-state index contributed by atoms with van der Waals surface area (Å²) in [6.07, 6.45) is 2.51. The lowest BCUT2D eigenvalue weighted by molar-refractivity contribution is 0.306. The van der Waals surface area contributed by atoms with Crippen LogP contribution in [0.3, 0.4) is 0 Å². The van der Waals surface area contributed by atoms with Crippen molar-refractivity contribution >= 4 is 27.1 Å². The van der Waals surface area contributed by atoms with Gasteiger partial charge in [-0.1, -0.05) is 22.8 Å². The number of aromatic nitrogens is 1. The topological polar surface area (TPSA) is 95.4 Å². The largest absolute Gasteiger partial charge is 0.489 e. The average molecular weight is 379 g/mol. The third-order valence-electron chi connectivity index (χ3n) is 3.57. The molecule has 0 radical (unpaired) electrons. The summed E-state index contributed by atoms with van der Waals surface area (Å²) in [5.74, 6) is 0.633. The summed E-state index contributed by atoms with van der Waals surface area (Å²) in [5, 5.41) is 4.18. The molecule has 0 saturated heterocycles. The number of sulfone groups is 1. The van der Waals surface area contributed by atoms with E-state index in [2.05, 4.69) is 5.16 Å². The van der Waals surface area contributed by atoms with E-state index in [0.29, 0.717) is 27.7 Å². The molecule has 3 rings (SSSR count). The third-order valence-corrected chi connectivity index (χ3v) is 5.03. The number of hydrogen-bond acceptors (Lipinski definition) is 6. The molecule has 3 aromatic rings. The van der Waals surface area contributed by atoms with E-state index in [4.69, 9.17) is 26.6 Å². The maximum Gasteiger partial charge on any atom is 0.175 e. The van der Waals surface area contributed by atoms with Gasteiger partial charge in [0.15, 0.2) is 9.84 Å². The average Bonchev–Trinajstić information content (AvgIpc) is 2.99. The summed E-state index contributed by atoms with van der Waals surface area (Å²) in [6, 6.07) is 11.8. The Morgan fingerprint density at radius 3 is 2.48 bits per heavy atom. The molecule has 0 aliphatic rings. The molecule has 0 atom stereocenters. The molecular formula is C17H15ClN2O4S. The van der Waals surface area contributed by atoms with Crippen molar-refractivity contribution in [2.24, 2.45) is 0 Å². The van der Waals surface area contributed by atoms with Gasteiger partial charge >= 0.3 is 0 Å². The standard InChI is InChI=1S/C17H15ClN2O4S/c1-25(21,22)14-7-4-12(15(18)8-14)9-23-13-5-2-11(3-6-13)17-16(19)10-24-20-17/h2-8,10H,9,19H2,1H3. The van der Waals surface area contributed by atoms with Crippen molar-refractivity contribution in [2.75, 3.05) is 12.0 Å². The van der Waals surface area contributed by atoms with E-state index in [1.54, 1.807) is 18.2 Å². The molecule has 0 spiro atoms. The van der Waals surface area contributed by atoms with Gasteiger partial charge in [0.05, 0.1) is 4.90 Å². The number of benzene rings is 2. The van der Waals surface area contributed by atoms with Crippen LogP contribution in [-0.4, -0.2) is 19.8 Å². The monoisotopic (exact) mass is 378 g/mol. The Bertz CT molecular complexity index is 998. The first-order valence-corrected chi connectivity index (χ1v) is 9.53. The predicted octanol–water partition coefficient (Wildman–Crippen LogP) is 3.56. The Labute approximate surface area is 150 Å². The van der Waals surface area contributed by atoms with Crippen molar-refractivity contribution in [1.29, 1.82) is 0 Å². The Morgan fingerprint density at radius 2 is 1.92 bits per heavy atom. The van der Waals surface area contributed by atoms with Crippen LogP contribution >= 0.6 is 11.6 Å². The lowest BCUT2D eigenvalue weighted by Crippen LogP contribution is -2.00. The zero-order valence-corrected chi connectivity index (χ0v) is 14.8. The van der Waals surface area contributed by atoms with Crippen molar-refractivity contribution in [3.63, 3.8) is 0 Å². The molecule has 0 amide bonds. The van der Waals surface area contributed by atoms with Gasteiger partial charge in [0.2, 0.25) is 0 Å². The molecule has 2 aromatic carbocycles. The van der Waals surface area contributed by atoms with Crippen molar-refractivity contribution in [3.8, 4) is 17.0 Å². The van der Waals surface area contributed by atoms with E-state index >= 15 is 0 Å².